The summed E-state index contributed by atoms with van der Waals surface area (Å²) >= 11 is 5.90. The second-order valence-electron chi connectivity index (χ2n) is 5.08. The second-order valence-corrected chi connectivity index (χ2v) is 7.23. The highest BCUT2D eigenvalue weighted by Crippen LogP contribution is 2.24. The topological polar surface area (TPSA) is 75.3 Å². The molecule has 1 rings (SSSR count). The Labute approximate surface area is 124 Å². The minimum atomic E-state index is -3.44. The van der Waals surface area contributed by atoms with Gasteiger partial charge in [-0.2, -0.15) is 0 Å². The van der Waals surface area contributed by atoms with E-state index in [0.717, 1.165) is 6.26 Å². The molecule has 2 N–H and O–H groups in total. The van der Waals surface area contributed by atoms with Crippen molar-refractivity contribution in [2.45, 2.75) is 26.8 Å². The Morgan fingerprint density at radius 1 is 1.25 bits per heavy atom. The van der Waals surface area contributed by atoms with E-state index in [1.54, 1.807) is 6.07 Å². The van der Waals surface area contributed by atoms with E-state index in [9.17, 15) is 13.2 Å². The van der Waals surface area contributed by atoms with Crippen LogP contribution in [0.15, 0.2) is 18.2 Å². The Kier molecular flexibility index (Phi) is 5.42. The van der Waals surface area contributed by atoms with E-state index in [-0.39, 0.29) is 22.7 Å². The third-order valence-corrected chi connectivity index (χ3v) is 3.80. The van der Waals surface area contributed by atoms with Gasteiger partial charge in [-0.25, -0.2) is 8.42 Å². The molecule has 0 saturated carbocycles. The molecule has 0 aliphatic carbocycles. The van der Waals surface area contributed by atoms with Crippen molar-refractivity contribution in [1.82, 2.24) is 5.32 Å². The number of carbonyl (C=O) groups excluding carboxylic acids is 1. The van der Waals surface area contributed by atoms with Gasteiger partial charge in [0.25, 0.3) is 5.91 Å². The van der Waals surface area contributed by atoms with Gasteiger partial charge in [0.15, 0.2) is 0 Å². The van der Waals surface area contributed by atoms with Crippen molar-refractivity contribution in [3.8, 4) is 0 Å². The SMILES string of the molecule is CC(C)[C@H](C)NC(=O)c1ccc(Cl)c(NS(C)(=O)=O)c1. The smallest absolute Gasteiger partial charge is 0.251 e. The fourth-order valence-corrected chi connectivity index (χ4v) is 2.19. The number of rotatable bonds is 5. The van der Waals surface area contributed by atoms with Crippen molar-refractivity contribution in [3.05, 3.63) is 28.8 Å². The van der Waals surface area contributed by atoms with Gasteiger partial charge in [-0.1, -0.05) is 25.4 Å². The number of carbonyl (C=O) groups is 1. The van der Waals surface area contributed by atoms with Crippen molar-refractivity contribution < 1.29 is 13.2 Å². The van der Waals surface area contributed by atoms with Crippen LogP contribution in [0.4, 0.5) is 5.69 Å². The standard InChI is InChI=1S/C13H19ClN2O3S/c1-8(2)9(3)15-13(17)10-5-6-11(14)12(7-10)16-20(4,18)19/h5-9,16H,1-4H3,(H,15,17)/t9-/m0/s1. The van der Waals surface area contributed by atoms with Gasteiger partial charge < -0.3 is 5.32 Å². The number of nitrogens with one attached hydrogen (secondary N) is 2. The summed E-state index contributed by atoms with van der Waals surface area (Å²) in [6.07, 6.45) is 1.02. The zero-order valence-corrected chi connectivity index (χ0v) is 13.5. The van der Waals surface area contributed by atoms with E-state index in [1.807, 2.05) is 20.8 Å². The number of amides is 1. The molecule has 0 radical (unpaired) electrons. The lowest BCUT2D eigenvalue weighted by molar-refractivity contribution is 0.0930. The first-order valence-electron chi connectivity index (χ1n) is 6.18. The number of hydrogen-bond acceptors (Lipinski definition) is 3. The zero-order chi connectivity index (χ0) is 15.5. The van der Waals surface area contributed by atoms with E-state index in [4.69, 9.17) is 11.6 Å². The quantitative estimate of drug-likeness (QED) is 0.875. The summed E-state index contributed by atoms with van der Waals surface area (Å²) in [5.74, 6) is 0.0410. The summed E-state index contributed by atoms with van der Waals surface area (Å²) in [4.78, 5) is 12.1. The van der Waals surface area contributed by atoms with Crippen LogP contribution in [0.25, 0.3) is 0 Å². The van der Waals surface area contributed by atoms with Crippen LogP contribution in [0.2, 0.25) is 5.02 Å². The predicted octanol–water partition coefficient (Wildman–Crippen LogP) is 2.49. The third kappa shape index (κ3) is 5.02. The molecule has 0 bridgehead atoms. The molecule has 1 aromatic rings. The predicted molar refractivity (Wildman–Crippen MR) is 81.7 cm³/mol. The molecule has 112 valence electrons. The molecule has 0 heterocycles. The molecule has 7 heteroatoms. The van der Waals surface area contributed by atoms with Crippen molar-refractivity contribution in [1.29, 1.82) is 0 Å². The molecule has 0 fully saturated rings. The van der Waals surface area contributed by atoms with Gasteiger partial charge in [0.2, 0.25) is 10.0 Å². The Bertz CT molecular complexity index is 600. The largest absolute Gasteiger partial charge is 0.349 e. The first-order valence-corrected chi connectivity index (χ1v) is 8.45. The van der Waals surface area contributed by atoms with E-state index in [0.29, 0.717) is 11.5 Å². The lowest BCUT2D eigenvalue weighted by atomic mass is 10.1. The van der Waals surface area contributed by atoms with Crippen LogP contribution in [0.5, 0.6) is 0 Å². The number of hydrogen-bond donors (Lipinski definition) is 2. The van der Waals surface area contributed by atoms with Gasteiger partial charge in [0.05, 0.1) is 17.0 Å². The summed E-state index contributed by atoms with van der Waals surface area (Å²) in [5, 5.41) is 3.09. The van der Waals surface area contributed by atoms with E-state index in [2.05, 4.69) is 10.0 Å². The van der Waals surface area contributed by atoms with Gasteiger partial charge in [-0.3, -0.25) is 9.52 Å². The van der Waals surface area contributed by atoms with Crippen LogP contribution in [0.1, 0.15) is 31.1 Å². The molecule has 0 spiro atoms. The lowest BCUT2D eigenvalue weighted by Gasteiger charge is -2.18. The minimum Gasteiger partial charge on any atom is -0.349 e. The third-order valence-electron chi connectivity index (χ3n) is 2.88. The number of sulfonamides is 1. The van der Waals surface area contributed by atoms with Gasteiger partial charge >= 0.3 is 0 Å². The van der Waals surface area contributed by atoms with Crippen LogP contribution < -0.4 is 10.0 Å². The van der Waals surface area contributed by atoms with Gasteiger partial charge in [-0.15, -0.1) is 0 Å². The van der Waals surface area contributed by atoms with E-state index < -0.39 is 10.0 Å². The van der Waals surface area contributed by atoms with Crippen molar-refractivity contribution in [2.24, 2.45) is 5.92 Å². The second kappa shape index (κ2) is 6.45. The number of anilines is 1. The molecule has 0 aromatic heterocycles. The first-order chi connectivity index (χ1) is 9.10. The number of benzene rings is 1. The van der Waals surface area contributed by atoms with Crippen LogP contribution in [-0.4, -0.2) is 26.6 Å². The van der Waals surface area contributed by atoms with Gasteiger partial charge in [0, 0.05) is 11.6 Å². The molecule has 0 aliphatic rings. The summed E-state index contributed by atoms with van der Waals surface area (Å²) in [5.41, 5.74) is 0.548. The molecular weight excluding hydrogens is 300 g/mol. The highest BCUT2D eigenvalue weighted by Gasteiger charge is 2.15. The Balaban J connectivity index is 2.97. The average Bonchev–Trinajstić information content (AvgIpc) is 2.29. The minimum absolute atomic E-state index is 0.0181. The molecule has 0 saturated heterocycles. The molecule has 0 aliphatic heterocycles. The maximum atomic E-state index is 12.1. The summed E-state index contributed by atoms with van der Waals surface area (Å²) in [7, 11) is -3.44. The van der Waals surface area contributed by atoms with Crippen LogP contribution >= 0.6 is 11.6 Å². The monoisotopic (exact) mass is 318 g/mol. The van der Waals surface area contributed by atoms with Crippen LogP contribution in [0, 0.1) is 5.92 Å². The molecule has 0 unspecified atom stereocenters. The Hall–Kier alpha value is -1.27. The van der Waals surface area contributed by atoms with Crippen molar-refractivity contribution >= 4 is 33.2 Å². The molecule has 1 amide bonds. The normalized spacial score (nSPS) is 13.1. The van der Waals surface area contributed by atoms with E-state index in [1.165, 1.54) is 12.1 Å². The maximum Gasteiger partial charge on any atom is 0.251 e. The molecule has 20 heavy (non-hydrogen) atoms. The summed E-state index contributed by atoms with van der Waals surface area (Å²) in [6.45, 7) is 5.92. The Morgan fingerprint density at radius 3 is 2.35 bits per heavy atom. The zero-order valence-electron chi connectivity index (χ0n) is 11.9. The molecule has 1 aromatic carbocycles. The van der Waals surface area contributed by atoms with Crippen LogP contribution in [0.3, 0.4) is 0 Å². The van der Waals surface area contributed by atoms with Crippen molar-refractivity contribution in [2.75, 3.05) is 11.0 Å². The first kappa shape index (κ1) is 16.8. The average molecular weight is 319 g/mol. The van der Waals surface area contributed by atoms with E-state index >= 15 is 0 Å². The highest BCUT2D eigenvalue weighted by atomic mass is 35.5. The summed E-state index contributed by atoms with van der Waals surface area (Å²) in [6, 6.07) is 4.48. The molecule has 1 atom stereocenters. The maximum absolute atomic E-state index is 12.1. The molecular formula is C13H19ClN2O3S. The summed E-state index contributed by atoms with van der Waals surface area (Å²) < 4.78 is 24.7. The van der Waals surface area contributed by atoms with Gasteiger partial charge in [0.1, 0.15) is 0 Å². The lowest BCUT2D eigenvalue weighted by Crippen LogP contribution is -2.36. The number of halogens is 1. The Morgan fingerprint density at radius 2 is 1.85 bits per heavy atom. The highest BCUT2D eigenvalue weighted by molar-refractivity contribution is 7.92. The van der Waals surface area contributed by atoms with Crippen LogP contribution in [-0.2, 0) is 10.0 Å². The molecule has 5 nitrogen and oxygen atoms in total. The fourth-order valence-electron chi connectivity index (χ4n) is 1.40. The fraction of sp³-hybridized carbons (Fsp3) is 0.462. The van der Waals surface area contributed by atoms with Crippen molar-refractivity contribution in [3.63, 3.8) is 0 Å². The van der Waals surface area contributed by atoms with Gasteiger partial charge in [-0.05, 0) is 31.0 Å².